The van der Waals surface area contributed by atoms with Crippen LogP contribution in [-0.2, 0) is 16.1 Å². The van der Waals surface area contributed by atoms with Crippen LogP contribution in [0.1, 0.15) is 5.56 Å². The summed E-state index contributed by atoms with van der Waals surface area (Å²) in [5.74, 6) is -0.0867. The number of hydrogen-bond acceptors (Lipinski definition) is 4. The molecule has 1 aliphatic heterocycles. The zero-order valence-electron chi connectivity index (χ0n) is 12.2. The van der Waals surface area contributed by atoms with E-state index >= 15 is 0 Å². The molecule has 1 atom stereocenters. The molecule has 1 saturated heterocycles. The monoisotopic (exact) mass is 370 g/mol. The Bertz CT molecular complexity index is 512. The van der Waals surface area contributed by atoms with Gasteiger partial charge in [0.05, 0.1) is 18.0 Å². The summed E-state index contributed by atoms with van der Waals surface area (Å²) in [6.07, 6.45) is -0.423. The number of carbonyl (C=O) groups is 2. The summed E-state index contributed by atoms with van der Waals surface area (Å²) in [7, 11) is 0. The van der Waals surface area contributed by atoms with Crippen molar-refractivity contribution in [1.29, 1.82) is 0 Å². The molecule has 0 radical (unpaired) electrons. The lowest BCUT2D eigenvalue weighted by Crippen LogP contribution is -2.58. The van der Waals surface area contributed by atoms with Gasteiger partial charge in [-0.1, -0.05) is 46.3 Å². The van der Waals surface area contributed by atoms with Gasteiger partial charge in [-0.15, -0.1) is 0 Å². The Labute approximate surface area is 137 Å². The topological polar surface area (TPSA) is 70.1 Å². The van der Waals surface area contributed by atoms with E-state index in [-0.39, 0.29) is 37.0 Å². The van der Waals surface area contributed by atoms with Crippen LogP contribution in [0.3, 0.4) is 0 Å². The lowest BCUT2D eigenvalue weighted by molar-refractivity contribution is -0.134. The highest BCUT2D eigenvalue weighted by atomic mass is 79.9. The number of rotatable bonds is 4. The van der Waals surface area contributed by atoms with Gasteiger partial charge in [-0.25, -0.2) is 4.79 Å². The van der Waals surface area contributed by atoms with Gasteiger partial charge >= 0.3 is 6.09 Å². The molecular formula is C15H19BrN2O4. The maximum Gasteiger partial charge on any atom is 0.410 e. The number of carbonyl (C=O) groups excluding carboxylic acids is 2. The van der Waals surface area contributed by atoms with Crippen molar-refractivity contribution < 1.29 is 19.4 Å². The predicted octanol–water partition coefficient (Wildman–Crippen LogP) is 1.22. The number of piperazine rings is 1. The molecule has 1 fully saturated rings. The van der Waals surface area contributed by atoms with E-state index in [9.17, 15) is 14.7 Å². The standard InChI is InChI=1S/C15H19BrN2O4/c16-8-14(20)18-7-6-17(9-13(18)10-19)15(21)22-11-12-4-2-1-3-5-12/h1-5,13,19H,6-11H2/t13-/m0/s1. The third-order valence-electron chi connectivity index (χ3n) is 3.59. The first-order valence-corrected chi connectivity index (χ1v) is 8.19. The van der Waals surface area contributed by atoms with Gasteiger partial charge in [-0.2, -0.15) is 0 Å². The normalized spacial score (nSPS) is 18.2. The second-order valence-corrected chi connectivity index (χ2v) is 5.60. The molecule has 120 valence electrons. The molecule has 0 bridgehead atoms. The Balaban J connectivity index is 1.88. The lowest BCUT2D eigenvalue weighted by atomic mass is 10.2. The zero-order valence-corrected chi connectivity index (χ0v) is 13.7. The van der Waals surface area contributed by atoms with Crippen LogP contribution >= 0.6 is 15.9 Å². The Morgan fingerprint density at radius 2 is 2.00 bits per heavy atom. The van der Waals surface area contributed by atoms with Gasteiger partial charge < -0.3 is 19.6 Å². The highest BCUT2D eigenvalue weighted by Gasteiger charge is 2.32. The van der Waals surface area contributed by atoms with Gasteiger partial charge in [-0.3, -0.25) is 4.79 Å². The Kier molecular flexibility index (Phi) is 6.21. The van der Waals surface area contributed by atoms with Crippen molar-refractivity contribution in [3.63, 3.8) is 0 Å². The minimum Gasteiger partial charge on any atom is -0.445 e. The van der Waals surface area contributed by atoms with Gasteiger partial charge in [0.2, 0.25) is 5.91 Å². The Morgan fingerprint density at radius 1 is 1.27 bits per heavy atom. The zero-order chi connectivity index (χ0) is 15.9. The summed E-state index contributed by atoms with van der Waals surface area (Å²) in [5.41, 5.74) is 0.919. The summed E-state index contributed by atoms with van der Waals surface area (Å²) in [4.78, 5) is 27.0. The van der Waals surface area contributed by atoms with Crippen LogP contribution in [0.2, 0.25) is 0 Å². The maximum absolute atomic E-state index is 12.1. The lowest BCUT2D eigenvalue weighted by Gasteiger charge is -2.39. The van der Waals surface area contributed by atoms with Gasteiger partial charge in [0, 0.05) is 19.6 Å². The first-order valence-electron chi connectivity index (χ1n) is 7.07. The van der Waals surface area contributed by atoms with Crippen LogP contribution < -0.4 is 0 Å². The van der Waals surface area contributed by atoms with Crippen molar-refractivity contribution in [1.82, 2.24) is 9.80 Å². The highest BCUT2D eigenvalue weighted by Crippen LogP contribution is 2.13. The first kappa shape index (κ1) is 16.8. The van der Waals surface area contributed by atoms with Crippen molar-refractivity contribution in [2.24, 2.45) is 0 Å². The molecule has 1 heterocycles. The molecule has 2 amide bonds. The van der Waals surface area contributed by atoms with Crippen molar-refractivity contribution in [2.75, 3.05) is 31.6 Å². The van der Waals surface area contributed by atoms with Crippen LogP contribution in [-0.4, -0.2) is 64.5 Å². The molecule has 1 N–H and O–H groups in total. The Hall–Kier alpha value is -1.60. The number of amides is 2. The molecule has 0 spiro atoms. The van der Waals surface area contributed by atoms with Crippen molar-refractivity contribution >= 4 is 27.9 Å². The Morgan fingerprint density at radius 3 is 2.64 bits per heavy atom. The molecule has 0 unspecified atom stereocenters. The van der Waals surface area contributed by atoms with Crippen LogP contribution in [0.5, 0.6) is 0 Å². The smallest absolute Gasteiger partial charge is 0.410 e. The van der Waals surface area contributed by atoms with Gasteiger partial charge in [-0.05, 0) is 5.56 Å². The minimum atomic E-state index is -0.423. The second-order valence-electron chi connectivity index (χ2n) is 5.04. The number of alkyl halides is 1. The quantitative estimate of drug-likeness (QED) is 0.809. The van der Waals surface area contributed by atoms with Crippen molar-refractivity contribution in [3.8, 4) is 0 Å². The summed E-state index contributed by atoms with van der Waals surface area (Å²) in [6.45, 7) is 1.12. The van der Waals surface area contributed by atoms with E-state index < -0.39 is 6.09 Å². The van der Waals surface area contributed by atoms with Crippen LogP contribution in [0.25, 0.3) is 0 Å². The molecule has 1 aliphatic rings. The van der Waals surface area contributed by atoms with E-state index in [2.05, 4.69) is 15.9 Å². The van der Waals surface area contributed by atoms with Crippen LogP contribution in [0, 0.1) is 0 Å². The molecule has 1 aromatic carbocycles. The third kappa shape index (κ3) is 4.20. The first-order chi connectivity index (χ1) is 10.7. The fourth-order valence-corrected chi connectivity index (χ4v) is 2.72. The SMILES string of the molecule is O=C(OCc1ccccc1)N1CCN(C(=O)CBr)[C@H](CO)C1. The van der Waals surface area contributed by atoms with E-state index in [0.717, 1.165) is 5.56 Å². The van der Waals surface area contributed by atoms with E-state index in [1.165, 1.54) is 4.90 Å². The number of hydrogen-bond donors (Lipinski definition) is 1. The third-order valence-corrected chi connectivity index (χ3v) is 4.07. The van der Waals surface area contributed by atoms with E-state index in [1.807, 2.05) is 30.3 Å². The minimum absolute atomic E-state index is 0.0867. The summed E-state index contributed by atoms with van der Waals surface area (Å²) in [5, 5.41) is 9.64. The number of aliphatic hydroxyl groups excluding tert-OH is 1. The number of ether oxygens (including phenoxy) is 1. The van der Waals surface area contributed by atoms with Crippen molar-refractivity contribution in [3.05, 3.63) is 35.9 Å². The number of nitrogens with zero attached hydrogens (tertiary/aromatic N) is 2. The summed E-state index contributed by atoms with van der Waals surface area (Å²) in [6, 6.07) is 9.05. The maximum atomic E-state index is 12.1. The molecule has 22 heavy (non-hydrogen) atoms. The van der Waals surface area contributed by atoms with E-state index in [1.54, 1.807) is 4.90 Å². The molecule has 0 aliphatic carbocycles. The highest BCUT2D eigenvalue weighted by molar-refractivity contribution is 9.09. The summed E-state index contributed by atoms with van der Waals surface area (Å²) < 4.78 is 5.28. The number of benzene rings is 1. The molecule has 0 aromatic heterocycles. The van der Waals surface area contributed by atoms with E-state index in [0.29, 0.717) is 13.1 Å². The fraction of sp³-hybridized carbons (Fsp3) is 0.467. The van der Waals surface area contributed by atoms with Gasteiger partial charge in [0.15, 0.2) is 0 Å². The van der Waals surface area contributed by atoms with Crippen LogP contribution in [0.15, 0.2) is 30.3 Å². The molecule has 2 rings (SSSR count). The molecule has 1 aromatic rings. The summed E-state index contributed by atoms with van der Waals surface area (Å²) >= 11 is 3.12. The molecular weight excluding hydrogens is 352 g/mol. The second kappa shape index (κ2) is 8.14. The molecule has 7 heteroatoms. The molecule has 0 saturated carbocycles. The number of aliphatic hydroxyl groups is 1. The predicted molar refractivity (Wildman–Crippen MR) is 84.6 cm³/mol. The van der Waals surface area contributed by atoms with Gasteiger partial charge in [0.25, 0.3) is 0 Å². The fourth-order valence-electron chi connectivity index (χ4n) is 2.39. The number of halogens is 1. The van der Waals surface area contributed by atoms with E-state index in [4.69, 9.17) is 4.74 Å². The van der Waals surface area contributed by atoms with Gasteiger partial charge in [0.1, 0.15) is 6.61 Å². The van der Waals surface area contributed by atoms with Crippen molar-refractivity contribution in [2.45, 2.75) is 12.6 Å². The molecule has 6 nitrogen and oxygen atoms in total. The van der Waals surface area contributed by atoms with Crippen LogP contribution in [0.4, 0.5) is 4.79 Å². The average Bonchev–Trinajstić information content (AvgIpc) is 2.59. The largest absolute Gasteiger partial charge is 0.445 e. The average molecular weight is 371 g/mol.